The van der Waals surface area contributed by atoms with Gasteiger partial charge in [-0.2, -0.15) is 0 Å². The summed E-state index contributed by atoms with van der Waals surface area (Å²) in [5.41, 5.74) is 0. The zero-order valence-electron chi connectivity index (χ0n) is 9.93. The summed E-state index contributed by atoms with van der Waals surface area (Å²) in [7, 11) is -3.90. The molecule has 1 amide bonds. The molecule has 0 aliphatic heterocycles. The molecule has 0 spiro atoms. The van der Waals surface area contributed by atoms with Gasteiger partial charge in [0.15, 0.2) is 6.61 Å². The molecule has 104 valence electrons. The van der Waals surface area contributed by atoms with Gasteiger partial charge in [0.1, 0.15) is 10.6 Å². The van der Waals surface area contributed by atoms with Crippen molar-refractivity contribution in [1.29, 1.82) is 0 Å². The first-order chi connectivity index (χ1) is 8.86. The molecule has 1 aromatic carbocycles. The van der Waals surface area contributed by atoms with E-state index in [2.05, 4.69) is 21.2 Å². The highest BCUT2D eigenvalue weighted by Gasteiger charge is 2.23. The Morgan fingerprint density at radius 2 is 2.16 bits per heavy atom. The van der Waals surface area contributed by atoms with Crippen LogP contribution in [0.5, 0.6) is 5.75 Å². The van der Waals surface area contributed by atoms with Crippen LogP contribution in [0.3, 0.4) is 0 Å². The van der Waals surface area contributed by atoms with Crippen molar-refractivity contribution in [2.75, 3.05) is 6.61 Å². The van der Waals surface area contributed by atoms with Gasteiger partial charge in [-0.15, -0.1) is 0 Å². The Hall–Kier alpha value is -1.12. The third kappa shape index (κ3) is 4.19. The molecule has 1 aliphatic rings. The van der Waals surface area contributed by atoms with Crippen LogP contribution in [0.15, 0.2) is 27.6 Å². The van der Waals surface area contributed by atoms with Crippen LogP contribution in [-0.4, -0.2) is 27.0 Å². The number of primary sulfonamides is 1. The van der Waals surface area contributed by atoms with E-state index in [0.717, 1.165) is 12.8 Å². The molecule has 0 unspecified atom stereocenters. The zero-order valence-corrected chi connectivity index (χ0v) is 12.3. The monoisotopic (exact) mass is 348 g/mol. The molecule has 1 fully saturated rings. The molecule has 0 radical (unpaired) electrons. The number of carbonyl (C=O) groups excluding carboxylic acids is 1. The van der Waals surface area contributed by atoms with Gasteiger partial charge in [-0.05, 0) is 31.0 Å². The summed E-state index contributed by atoms with van der Waals surface area (Å²) in [4.78, 5) is 11.3. The van der Waals surface area contributed by atoms with Gasteiger partial charge in [-0.25, -0.2) is 13.6 Å². The highest BCUT2D eigenvalue weighted by molar-refractivity contribution is 9.10. The van der Waals surface area contributed by atoms with Crippen molar-refractivity contribution in [3.8, 4) is 5.75 Å². The molecule has 0 bridgehead atoms. The SMILES string of the molecule is NS(=O)(=O)c1cc(Br)ccc1OCC(=O)NC1CC1. The van der Waals surface area contributed by atoms with Crippen LogP contribution >= 0.6 is 15.9 Å². The molecule has 3 N–H and O–H groups in total. The fourth-order valence-electron chi connectivity index (χ4n) is 1.46. The molecule has 1 saturated carbocycles. The Morgan fingerprint density at radius 3 is 2.74 bits per heavy atom. The number of carbonyl (C=O) groups is 1. The molecule has 19 heavy (non-hydrogen) atoms. The number of hydrogen-bond acceptors (Lipinski definition) is 4. The lowest BCUT2D eigenvalue weighted by Crippen LogP contribution is -2.30. The van der Waals surface area contributed by atoms with E-state index < -0.39 is 10.0 Å². The second-order valence-corrected chi connectivity index (χ2v) is 6.71. The number of benzene rings is 1. The normalized spacial score (nSPS) is 15.1. The maximum absolute atomic E-state index is 11.5. The van der Waals surface area contributed by atoms with Crippen LogP contribution in [0, 0.1) is 0 Å². The van der Waals surface area contributed by atoms with Crippen molar-refractivity contribution in [3.63, 3.8) is 0 Å². The van der Waals surface area contributed by atoms with Crippen molar-refractivity contribution in [3.05, 3.63) is 22.7 Å². The van der Waals surface area contributed by atoms with E-state index in [0.29, 0.717) is 4.47 Å². The fraction of sp³-hybridized carbons (Fsp3) is 0.364. The quantitative estimate of drug-likeness (QED) is 0.820. The van der Waals surface area contributed by atoms with Crippen molar-refractivity contribution in [2.45, 2.75) is 23.8 Å². The van der Waals surface area contributed by atoms with E-state index in [1.807, 2.05) is 0 Å². The minimum atomic E-state index is -3.90. The number of rotatable bonds is 5. The molecule has 6 nitrogen and oxygen atoms in total. The fourth-order valence-corrected chi connectivity index (χ4v) is 2.68. The number of nitrogens with two attached hydrogens (primary N) is 1. The first-order valence-corrected chi connectivity index (χ1v) is 7.95. The lowest BCUT2D eigenvalue weighted by Gasteiger charge is -2.10. The van der Waals surface area contributed by atoms with Gasteiger partial charge in [-0.1, -0.05) is 15.9 Å². The van der Waals surface area contributed by atoms with Gasteiger partial charge < -0.3 is 10.1 Å². The average molecular weight is 349 g/mol. The summed E-state index contributed by atoms with van der Waals surface area (Å²) in [6.07, 6.45) is 1.96. The molecule has 0 atom stereocenters. The van der Waals surface area contributed by atoms with Gasteiger partial charge in [0.25, 0.3) is 5.91 Å². The standard InChI is InChI=1S/C11H13BrN2O4S/c12-7-1-4-9(10(5-7)19(13,16)17)18-6-11(15)14-8-2-3-8/h1,4-5,8H,2-3,6H2,(H,14,15)(H2,13,16,17). The van der Waals surface area contributed by atoms with Crippen molar-refractivity contribution < 1.29 is 17.9 Å². The summed E-state index contributed by atoms with van der Waals surface area (Å²) in [5.74, 6) is -0.206. The summed E-state index contributed by atoms with van der Waals surface area (Å²) in [5, 5.41) is 7.83. The largest absolute Gasteiger partial charge is 0.482 e. The molecule has 2 rings (SSSR count). The van der Waals surface area contributed by atoms with Crippen LogP contribution < -0.4 is 15.2 Å². The minimum absolute atomic E-state index is 0.0663. The van der Waals surface area contributed by atoms with E-state index in [1.165, 1.54) is 12.1 Å². The van der Waals surface area contributed by atoms with Crippen LogP contribution in [0.4, 0.5) is 0 Å². The smallest absolute Gasteiger partial charge is 0.258 e. The molecule has 0 saturated heterocycles. The van der Waals surface area contributed by atoms with E-state index >= 15 is 0 Å². The third-order valence-corrected chi connectivity index (χ3v) is 3.94. The Balaban J connectivity index is 2.08. The van der Waals surface area contributed by atoms with Gasteiger partial charge >= 0.3 is 0 Å². The molecular formula is C11H13BrN2O4S. The number of ether oxygens (including phenoxy) is 1. The second-order valence-electron chi connectivity index (χ2n) is 4.27. The Kier molecular flexibility index (Phi) is 4.12. The van der Waals surface area contributed by atoms with Crippen molar-refractivity contribution in [1.82, 2.24) is 5.32 Å². The number of sulfonamides is 1. The molecule has 0 aromatic heterocycles. The van der Waals surface area contributed by atoms with Crippen molar-refractivity contribution in [2.24, 2.45) is 5.14 Å². The first kappa shape index (κ1) is 14.3. The lowest BCUT2D eigenvalue weighted by atomic mass is 10.3. The number of amides is 1. The Bertz CT molecular complexity index is 599. The van der Waals surface area contributed by atoms with E-state index in [4.69, 9.17) is 9.88 Å². The molecule has 1 aromatic rings. The molecule has 1 aliphatic carbocycles. The molecular weight excluding hydrogens is 336 g/mol. The second kappa shape index (κ2) is 5.48. The summed E-state index contributed by atoms with van der Waals surface area (Å²) >= 11 is 3.15. The highest BCUT2D eigenvalue weighted by atomic mass is 79.9. The van der Waals surface area contributed by atoms with Crippen LogP contribution in [-0.2, 0) is 14.8 Å². The van der Waals surface area contributed by atoms with Gasteiger partial charge in [-0.3, -0.25) is 4.79 Å². The molecule has 8 heteroatoms. The van der Waals surface area contributed by atoms with E-state index in [-0.39, 0.29) is 29.2 Å². The summed E-state index contributed by atoms with van der Waals surface area (Å²) < 4.78 is 28.6. The topological polar surface area (TPSA) is 98.5 Å². The maximum Gasteiger partial charge on any atom is 0.258 e. The summed E-state index contributed by atoms with van der Waals surface area (Å²) in [6.45, 7) is -0.235. The third-order valence-electron chi connectivity index (χ3n) is 2.51. The van der Waals surface area contributed by atoms with Crippen LogP contribution in [0.25, 0.3) is 0 Å². The van der Waals surface area contributed by atoms with Crippen LogP contribution in [0.2, 0.25) is 0 Å². The number of nitrogens with one attached hydrogen (secondary N) is 1. The minimum Gasteiger partial charge on any atom is -0.482 e. The highest BCUT2D eigenvalue weighted by Crippen LogP contribution is 2.26. The number of hydrogen-bond donors (Lipinski definition) is 2. The predicted molar refractivity (Wildman–Crippen MR) is 72.2 cm³/mol. The Morgan fingerprint density at radius 1 is 1.47 bits per heavy atom. The average Bonchev–Trinajstić information content (AvgIpc) is 3.10. The Labute approximate surface area is 119 Å². The first-order valence-electron chi connectivity index (χ1n) is 5.61. The van der Waals surface area contributed by atoms with Gasteiger partial charge in [0, 0.05) is 10.5 Å². The van der Waals surface area contributed by atoms with Crippen LogP contribution in [0.1, 0.15) is 12.8 Å². The van der Waals surface area contributed by atoms with E-state index in [1.54, 1.807) is 6.07 Å². The zero-order chi connectivity index (χ0) is 14.0. The van der Waals surface area contributed by atoms with Gasteiger partial charge in [0.05, 0.1) is 0 Å². The van der Waals surface area contributed by atoms with Crippen molar-refractivity contribution >= 4 is 31.9 Å². The predicted octanol–water partition coefficient (Wildman–Crippen LogP) is 0.754. The van der Waals surface area contributed by atoms with Gasteiger partial charge in [0.2, 0.25) is 10.0 Å². The number of halogens is 1. The molecule has 0 heterocycles. The lowest BCUT2D eigenvalue weighted by molar-refractivity contribution is -0.123. The summed E-state index contributed by atoms with van der Waals surface area (Å²) in [6, 6.07) is 4.64. The van der Waals surface area contributed by atoms with E-state index in [9.17, 15) is 13.2 Å². The maximum atomic E-state index is 11.5.